The van der Waals surface area contributed by atoms with Crippen molar-refractivity contribution in [3.63, 3.8) is 0 Å². The van der Waals surface area contributed by atoms with Gasteiger partial charge >= 0.3 is 5.97 Å². The second-order valence-electron chi connectivity index (χ2n) is 7.20. The van der Waals surface area contributed by atoms with E-state index in [9.17, 15) is 27.1 Å². The molecular formula is C23H17ClF2N2O5S. The zero-order chi connectivity index (χ0) is 25.0. The first-order chi connectivity index (χ1) is 16.0. The Kier molecular flexibility index (Phi) is 7.51. The van der Waals surface area contributed by atoms with Gasteiger partial charge in [-0.25, -0.2) is 22.0 Å². The molecule has 176 valence electrons. The fourth-order valence-electron chi connectivity index (χ4n) is 3.06. The maximum atomic E-state index is 13.7. The number of aliphatic carboxylic acids is 1. The normalized spacial score (nSPS) is 12.2. The summed E-state index contributed by atoms with van der Waals surface area (Å²) in [7, 11) is -2.61. The molecule has 0 saturated heterocycles. The van der Waals surface area contributed by atoms with E-state index in [1.165, 1.54) is 37.4 Å². The molecule has 34 heavy (non-hydrogen) atoms. The highest BCUT2D eigenvalue weighted by molar-refractivity contribution is 7.89. The van der Waals surface area contributed by atoms with Gasteiger partial charge in [0.15, 0.2) is 0 Å². The molecule has 1 unspecified atom stereocenters. The molecule has 0 saturated carbocycles. The molecule has 0 aromatic heterocycles. The summed E-state index contributed by atoms with van der Waals surface area (Å²) >= 11 is 5.69. The van der Waals surface area contributed by atoms with Gasteiger partial charge in [0, 0.05) is 19.2 Å². The molecular weight excluding hydrogens is 490 g/mol. The quantitative estimate of drug-likeness (QED) is 0.481. The number of carboxylic acid groups (broad SMARTS) is 1. The van der Waals surface area contributed by atoms with E-state index in [2.05, 4.69) is 0 Å². The van der Waals surface area contributed by atoms with Crippen molar-refractivity contribution >= 4 is 27.6 Å². The molecule has 11 heteroatoms. The molecule has 0 aliphatic heterocycles. The summed E-state index contributed by atoms with van der Waals surface area (Å²) in [6.07, 6.45) is -1.57. The first-order valence-electron chi connectivity index (χ1n) is 9.61. The number of rotatable bonds is 8. The predicted octanol–water partition coefficient (Wildman–Crippen LogP) is 4.52. The zero-order valence-electron chi connectivity index (χ0n) is 17.6. The predicted molar refractivity (Wildman–Crippen MR) is 119 cm³/mol. The topological polar surface area (TPSA) is 108 Å². The minimum absolute atomic E-state index is 0.0445. The van der Waals surface area contributed by atoms with Gasteiger partial charge in [0.25, 0.3) is 0 Å². The van der Waals surface area contributed by atoms with Crippen molar-refractivity contribution in [2.75, 3.05) is 7.05 Å². The van der Waals surface area contributed by atoms with Crippen LogP contribution in [0.2, 0.25) is 5.02 Å². The van der Waals surface area contributed by atoms with E-state index in [1.807, 2.05) is 0 Å². The zero-order valence-corrected chi connectivity index (χ0v) is 19.1. The van der Waals surface area contributed by atoms with Crippen LogP contribution in [-0.4, -0.2) is 30.8 Å². The molecule has 0 fully saturated rings. The Morgan fingerprint density at radius 3 is 2.41 bits per heavy atom. The van der Waals surface area contributed by atoms with Crippen LogP contribution in [0.3, 0.4) is 0 Å². The number of benzene rings is 3. The lowest BCUT2D eigenvalue weighted by Gasteiger charge is -2.19. The number of carbonyl (C=O) groups is 1. The van der Waals surface area contributed by atoms with Crippen LogP contribution in [0.25, 0.3) is 0 Å². The minimum atomic E-state index is -3.95. The maximum Gasteiger partial charge on any atom is 0.349 e. The maximum absolute atomic E-state index is 13.7. The first kappa shape index (κ1) is 25.1. The second-order valence-corrected chi connectivity index (χ2v) is 9.65. The summed E-state index contributed by atoms with van der Waals surface area (Å²) in [5, 5.41) is 18.2. The van der Waals surface area contributed by atoms with Crippen molar-refractivity contribution < 1.29 is 31.8 Å². The third-order valence-corrected chi connectivity index (χ3v) is 6.85. The van der Waals surface area contributed by atoms with Crippen molar-refractivity contribution in [3.05, 3.63) is 94.0 Å². The summed E-state index contributed by atoms with van der Waals surface area (Å²) in [5.41, 5.74) is 0.458. The average Bonchev–Trinajstić information content (AvgIpc) is 2.79. The molecule has 3 rings (SSSR count). The number of nitriles is 1. The number of nitrogens with zero attached hydrogens (tertiary/aromatic N) is 2. The second kappa shape index (κ2) is 10.2. The van der Waals surface area contributed by atoms with E-state index in [0.29, 0.717) is 5.56 Å². The van der Waals surface area contributed by atoms with Gasteiger partial charge in [-0.1, -0.05) is 23.7 Å². The Morgan fingerprint density at radius 2 is 1.82 bits per heavy atom. The smallest absolute Gasteiger partial charge is 0.349 e. The van der Waals surface area contributed by atoms with Gasteiger partial charge < -0.3 is 9.84 Å². The summed E-state index contributed by atoms with van der Waals surface area (Å²) in [4.78, 5) is 11.5. The fraction of sp³-hybridized carbons (Fsp3) is 0.130. The van der Waals surface area contributed by atoms with Crippen LogP contribution in [0.15, 0.2) is 65.6 Å². The SMILES string of the molecule is CN(Cc1ccc(OC(C(=O)O)c2cc(F)cc(C#N)c2)cc1)S(=O)(=O)c1ccc(F)c(Cl)c1. The third kappa shape index (κ3) is 5.69. The molecule has 0 spiro atoms. The van der Waals surface area contributed by atoms with Crippen molar-refractivity contribution in [1.82, 2.24) is 4.31 Å². The van der Waals surface area contributed by atoms with Crippen molar-refractivity contribution in [3.8, 4) is 11.8 Å². The van der Waals surface area contributed by atoms with Crippen molar-refractivity contribution in [2.24, 2.45) is 0 Å². The number of carboxylic acids is 1. The lowest BCUT2D eigenvalue weighted by molar-refractivity contribution is -0.145. The Bertz CT molecular complexity index is 1380. The Morgan fingerprint density at radius 1 is 1.15 bits per heavy atom. The van der Waals surface area contributed by atoms with E-state index >= 15 is 0 Å². The standard InChI is InChI=1S/C23H17ClF2N2O5S/c1-28(34(31,32)19-6-7-21(26)20(24)11-19)13-14-2-4-18(5-3-14)33-22(23(29)30)16-8-15(12-27)9-17(25)10-16/h2-11,22H,13H2,1H3,(H,29,30). The van der Waals surface area contributed by atoms with Crippen LogP contribution < -0.4 is 4.74 Å². The number of hydrogen-bond acceptors (Lipinski definition) is 5. The van der Waals surface area contributed by atoms with E-state index in [1.54, 1.807) is 6.07 Å². The van der Waals surface area contributed by atoms with Gasteiger partial charge in [0.1, 0.15) is 17.4 Å². The van der Waals surface area contributed by atoms with Crippen molar-refractivity contribution in [1.29, 1.82) is 5.26 Å². The van der Waals surface area contributed by atoms with Crippen LogP contribution in [-0.2, 0) is 21.4 Å². The van der Waals surface area contributed by atoms with Crippen LogP contribution in [0.4, 0.5) is 8.78 Å². The molecule has 3 aromatic rings. The van der Waals surface area contributed by atoms with E-state index in [-0.39, 0.29) is 33.3 Å². The molecule has 3 aromatic carbocycles. The van der Waals surface area contributed by atoms with Gasteiger partial charge in [-0.2, -0.15) is 9.57 Å². The molecule has 0 aliphatic rings. The average molecular weight is 507 g/mol. The Balaban J connectivity index is 1.76. The van der Waals surface area contributed by atoms with Crippen LogP contribution in [0.1, 0.15) is 22.8 Å². The van der Waals surface area contributed by atoms with Gasteiger partial charge in [-0.15, -0.1) is 0 Å². The molecule has 0 amide bonds. The summed E-state index contributed by atoms with van der Waals surface area (Å²) in [6, 6.07) is 13.9. The Hall–Kier alpha value is -3.52. The highest BCUT2D eigenvalue weighted by Gasteiger charge is 2.24. The first-order valence-corrected chi connectivity index (χ1v) is 11.4. The minimum Gasteiger partial charge on any atom is -0.478 e. The number of sulfonamides is 1. The molecule has 0 radical (unpaired) electrons. The molecule has 0 bridgehead atoms. The largest absolute Gasteiger partial charge is 0.478 e. The van der Waals surface area contributed by atoms with Crippen LogP contribution >= 0.6 is 11.6 Å². The molecule has 0 aliphatic carbocycles. The van der Waals surface area contributed by atoms with Crippen molar-refractivity contribution in [2.45, 2.75) is 17.5 Å². The van der Waals surface area contributed by atoms with Crippen LogP contribution in [0.5, 0.6) is 5.75 Å². The van der Waals surface area contributed by atoms with E-state index in [4.69, 9.17) is 21.6 Å². The molecule has 1 N–H and O–H groups in total. The third-order valence-electron chi connectivity index (χ3n) is 4.76. The van der Waals surface area contributed by atoms with Gasteiger partial charge in [0.05, 0.1) is 21.6 Å². The van der Waals surface area contributed by atoms with E-state index < -0.39 is 33.7 Å². The van der Waals surface area contributed by atoms with Gasteiger partial charge in [-0.05, 0) is 54.1 Å². The fourth-order valence-corrected chi connectivity index (χ4v) is 4.49. The number of hydrogen-bond donors (Lipinski definition) is 1. The van der Waals surface area contributed by atoms with Gasteiger partial charge in [-0.3, -0.25) is 0 Å². The Labute approximate surface area is 199 Å². The van der Waals surface area contributed by atoms with E-state index in [0.717, 1.165) is 34.6 Å². The summed E-state index contributed by atoms with van der Waals surface area (Å²) in [6.45, 7) is -0.0462. The number of halogens is 3. The summed E-state index contributed by atoms with van der Waals surface area (Å²) in [5.74, 6) is -2.76. The monoisotopic (exact) mass is 506 g/mol. The summed E-state index contributed by atoms with van der Waals surface area (Å²) < 4.78 is 59.1. The highest BCUT2D eigenvalue weighted by Crippen LogP contribution is 2.26. The highest BCUT2D eigenvalue weighted by atomic mass is 35.5. The van der Waals surface area contributed by atoms with Gasteiger partial charge in [0.2, 0.25) is 16.1 Å². The lowest BCUT2D eigenvalue weighted by atomic mass is 10.1. The number of ether oxygens (including phenoxy) is 1. The molecule has 1 atom stereocenters. The molecule has 7 nitrogen and oxygen atoms in total. The lowest BCUT2D eigenvalue weighted by Crippen LogP contribution is -2.26. The van der Waals surface area contributed by atoms with Crippen LogP contribution in [0, 0.1) is 23.0 Å². The molecule has 0 heterocycles.